The number of carbonyl (C=O) groups excluding carboxylic acids is 2. The van der Waals surface area contributed by atoms with E-state index in [9.17, 15) is 9.59 Å². The van der Waals surface area contributed by atoms with Crippen LogP contribution in [0, 0.1) is 0 Å². The number of nitrogens with one attached hydrogen (secondary N) is 2. The minimum atomic E-state index is -0.186. The highest BCUT2D eigenvalue weighted by molar-refractivity contribution is 6.24. The smallest absolute Gasteiger partial charge is 0.196 e. The van der Waals surface area contributed by atoms with Gasteiger partial charge in [-0.3, -0.25) is 9.59 Å². The fourth-order valence-corrected chi connectivity index (χ4v) is 3.30. The SMILES string of the molecule is O=C1C2=CC=CC1=CN=C1C=CC=C(N=CC3=CC=CC(=CN=C4C=CC=C(N=C2)N4)C3=O)N1. The largest absolute Gasteiger partial charge is 0.325 e. The molecule has 2 N–H and O–H groups in total. The Bertz CT molecular complexity index is 1300. The predicted octanol–water partition coefficient (Wildman–Crippen LogP) is 2.84. The molecule has 164 valence electrons. The molecule has 2 aliphatic carbocycles. The van der Waals surface area contributed by atoms with Gasteiger partial charge in [0.2, 0.25) is 0 Å². The van der Waals surface area contributed by atoms with Crippen LogP contribution in [-0.4, -0.2) is 35.7 Å². The Morgan fingerprint density at radius 2 is 0.971 bits per heavy atom. The Morgan fingerprint density at radius 3 is 1.44 bits per heavy atom. The Morgan fingerprint density at radius 1 is 0.529 bits per heavy atom. The maximum atomic E-state index is 12.8. The van der Waals surface area contributed by atoms with Crippen LogP contribution in [0.5, 0.6) is 0 Å². The second-order valence-corrected chi connectivity index (χ2v) is 7.41. The van der Waals surface area contributed by atoms with Crippen LogP contribution < -0.4 is 10.6 Å². The van der Waals surface area contributed by atoms with Gasteiger partial charge in [0.1, 0.15) is 23.3 Å². The minimum absolute atomic E-state index is 0.186. The first kappa shape index (κ1) is 20.9. The molecule has 0 amide bonds. The van der Waals surface area contributed by atoms with Crippen LogP contribution in [0.25, 0.3) is 0 Å². The second-order valence-electron chi connectivity index (χ2n) is 7.41. The number of fused-ring (bicyclic) bond motifs is 8. The summed E-state index contributed by atoms with van der Waals surface area (Å²) < 4.78 is 0. The van der Waals surface area contributed by atoms with Crippen molar-refractivity contribution < 1.29 is 9.59 Å². The lowest BCUT2D eigenvalue weighted by Gasteiger charge is -2.12. The van der Waals surface area contributed by atoms with Gasteiger partial charge >= 0.3 is 0 Å². The molecule has 0 spiro atoms. The van der Waals surface area contributed by atoms with E-state index < -0.39 is 0 Å². The third-order valence-corrected chi connectivity index (χ3v) is 5.05. The maximum absolute atomic E-state index is 12.8. The molecule has 3 aliphatic heterocycles. The lowest BCUT2D eigenvalue weighted by Crippen LogP contribution is -2.23. The summed E-state index contributed by atoms with van der Waals surface area (Å²) >= 11 is 0. The number of hydrogen-bond donors (Lipinski definition) is 2. The Balaban J connectivity index is 1.53. The van der Waals surface area contributed by atoms with E-state index in [0.29, 0.717) is 45.6 Å². The average molecular weight is 446 g/mol. The number of hydrogen-bond acceptors (Lipinski definition) is 8. The standard InChI is InChI=1S/C26H18N6O2/c33-25-17-5-1-6-18(25)14-28-22-10-4-12-24(32-22)30-16-20-8-2-7-19(26(20)34)15-29-23-11-3-9-21(31-23)27-13-17/h1-16H,(H,27,29,31)(H,28,30,32). The molecule has 8 nitrogen and oxygen atoms in total. The summed E-state index contributed by atoms with van der Waals surface area (Å²) in [5.74, 6) is 1.67. The molecule has 0 fully saturated rings. The van der Waals surface area contributed by atoms with Crippen LogP contribution in [0.4, 0.5) is 0 Å². The van der Waals surface area contributed by atoms with Crippen molar-refractivity contribution in [1.29, 1.82) is 0 Å². The lowest BCUT2D eigenvalue weighted by molar-refractivity contribution is -0.112. The first-order chi connectivity index (χ1) is 16.7. The average Bonchev–Trinajstić information content (AvgIpc) is 2.86. The molecule has 5 aliphatic rings. The molecule has 34 heavy (non-hydrogen) atoms. The van der Waals surface area contributed by atoms with Crippen molar-refractivity contribution >= 4 is 35.7 Å². The van der Waals surface area contributed by atoms with Gasteiger partial charge in [-0.25, -0.2) is 20.0 Å². The molecule has 5 rings (SSSR count). The van der Waals surface area contributed by atoms with E-state index in [4.69, 9.17) is 0 Å². The summed E-state index contributed by atoms with van der Waals surface area (Å²) in [5.41, 5.74) is 1.71. The van der Waals surface area contributed by atoms with Crippen molar-refractivity contribution in [2.75, 3.05) is 0 Å². The van der Waals surface area contributed by atoms with E-state index in [0.717, 1.165) is 0 Å². The third kappa shape index (κ3) is 4.61. The fourth-order valence-electron chi connectivity index (χ4n) is 3.30. The second kappa shape index (κ2) is 9.25. The lowest BCUT2D eigenvalue weighted by atomic mass is 10.00. The molecule has 0 saturated heterocycles. The molecule has 8 bridgehead atoms. The molecule has 0 aromatic heterocycles. The number of allylic oxidation sites excluding steroid dienone is 14. The highest BCUT2D eigenvalue weighted by atomic mass is 16.1. The van der Waals surface area contributed by atoms with Crippen molar-refractivity contribution in [1.82, 2.24) is 10.6 Å². The van der Waals surface area contributed by atoms with Crippen LogP contribution in [0.1, 0.15) is 0 Å². The third-order valence-electron chi connectivity index (χ3n) is 5.05. The summed E-state index contributed by atoms with van der Waals surface area (Å²) in [6.07, 6.45) is 26.9. The van der Waals surface area contributed by atoms with Crippen molar-refractivity contribution in [2.45, 2.75) is 0 Å². The molecule has 0 aromatic rings. The summed E-state index contributed by atoms with van der Waals surface area (Å²) in [5, 5.41) is 6.14. The molecule has 0 atom stereocenters. The van der Waals surface area contributed by atoms with E-state index in [2.05, 4.69) is 30.6 Å². The van der Waals surface area contributed by atoms with E-state index in [1.807, 2.05) is 0 Å². The molecule has 3 heterocycles. The number of rotatable bonds is 0. The highest BCUT2D eigenvalue weighted by Crippen LogP contribution is 2.16. The Kier molecular flexibility index (Phi) is 5.69. The molecule has 0 unspecified atom stereocenters. The van der Waals surface area contributed by atoms with E-state index in [1.54, 1.807) is 72.9 Å². The topological polar surface area (TPSA) is 108 Å². The van der Waals surface area contributed by atoms with Gasteiger partial charge in [0, 0.05) is 47.1 Å². The number of carbonyl (C=O) groups is 2. The van der Waals surface area contributed by atoms with Gasteiger partial charge in [-0.2, -0.15) is 0 Å². The van der Waals surface area contributed by atoms with Crippen molar-refractivity contribution in [3.63, 3.8) is 0 Å². The zero-order valence-electron chi connectivity index (χ0n) is 17.8. The molecule has 0 radical (unpaired) electrons. The van der Waals surface area contributed by atoms with E-state index in [1.165, 1.54) is 24.8 Å². The number of aliphatic imine (C=N–C) groups is 4. The highest BCUT2D eigenvalue weighted by Gasteiger charge is 2.16. The predicted molar refractivity (Wildman–Crippen MR) is 133 cm³/mol. The van der Waals surface area contributed by atoms with Crippen LogP contribution in [0.15, 0.2) is 139 Å². The van der Waals surface area contributed by atoms with Gasteiger partial charge in [0.15, 0.2) is 11.6 Å². The van der Waals surface area contributed by atoms with Crippen LogP contribution in [0.3, 0.4) is 0 Å². The zero-order valence-corrected chi connectivity index (χ0v) is 17.8. The van der Waals surface area contributed by atoms with Gasteiger partial charge < -0.3 is 10.6 Å². The maximum Gasteiger partial charge on any atom is 0.196 e. The van der Waals surface area contributed by atoms with Gasteiger partial charge in [0.25, 0.3) is 0 Å². The number of dihydropyridines is 2. The normalized spacial score (nSPS) is 21.1. The van der Waals surface area contributed by atoms with Gasteiger partial charge in [-0.15, -0.1) is 0 Å². The van der Waals surface area contributed by atoms with Crippen molar-refractivity contribution in [2.24, 2.45) is 20.0 Å². The molecule has 0 saturated carbocycles. The summed E-state index contributed by atoms with van der Waals surface area (Å²) in [4.78, 5) is 43.2. The Labute approximate surface area is 195 Å². The van der Waals surface area contributed by atoms with Crippen molar-refractivity contribution in [3.8, 4) is 0 Å². The molecular weight excluding hydrogens is 428 g/mol. The van der Waals surface area contributed by atoms with Crippen LogP contribution >= 0.6 is 0 Å². The first-order valence-corrected chi connectivity index (χ1v) is 10.5. The number of Topliss-reactive ketones (excluding diaryl/α,β-unsaturated/α-hetero) is 2. The molecular formula is C26H18N6O2. The molecule has 8 heteroatoms. The zero-order chi connectivity index (χ0) is 23.3. The number of amidine groups is 2. The number of nitrogens with zero attached hydrogens (tertiary/aromatic N) is 4. The molecule has 0 aromatic carbocycles. The summed E-state index contributed by atoms with van der Waals surface area (Å²) in [7, 11) is 0. The van der Waals surface area contributed by atoms with Gasteiger partial charge in [-0.05, 0) is 48.6 Å². The van der Waals surface area contributed by atoms with Gasteiger partial charge in [-0.1, -0.05) is 24.3 Å². The van der Waals surface area contributed by atoms with E-state index in [-0.39, 0.29) is 11.6 Å². The van der Waals surface area contributed by atoms with Gasteiger partial charge in [0.05, 0.1) is 0 Å². The van der Waals surface area contributed by atoms with E-state index >= 15 is 0 Å². The van der Waals surface area contributed by atoms with Crippen LogP contribution in [0.2, 0.25) is 0 Å². The fraction of sp³-hybridized carbons (Fsp3) is 0. The minimum Gasteiger partial charge on any atom is -0.325 e. The number of ketones is 2. The van der Waals surface area contributed by atoms with Crippen LogP contribution in [-0.2, 0) is 9.59 Å². The van der Waals surface area contributed by atoms with Crippen molar-refractivity contribution in [3.05, 3.63) is 119 Å². The summed E-state index contributed by atoms with van der Waals surface area (Å²) in [6, 6.07) is 0. The Hall–Kier alpha value is -4.98. The quantitative estimate of drug-likeness (QED) is 0.597. The monoisotopic (exact) mass is 446 g/mol. The summed E-state index contributed by atoms with van der Waals surface area (Å²) in [6.45, 7) is 0. The first-order valence-electron chi connectivity index (χ1n) is 10.5.